The number of anilines is 1. The summed E-state index contributed by atoms with van der Waals surface area (Å²) in [5.74, 6) is -2.81. The molecule has 2 saturated heterocycles. The molecule has 12 heteroatoms. The van der Waals surface area contributed by atoms with E-state index in [1.807, 2.05) is 0 Å². The van der Waals surface area contributed by atoms with Crippen LogP contribution in [0.5, 0.6) is 0 Å². The number of carbonyl (C=O) groups is 2. The minimum Gasteiger partial charge on any atom is -0.481 e. The lowest BCUT2D eigenvalue weighted by Crippen LogP contribution is -2.56. The number of sulfonamides is 1. The first-order valence-electron chi connectivity index (χ1n) is 12.0. The van der Waals surface area contributed by atoms with Gasteiger partial charge >= 0.3 is 5.97 Å². The molecule has 0 aliphatic carbocycles. The number of hydrogen-bond donors (Lipinski definition) is 1. The SMILES string of the molecule is O=C(O)C[C@H]1O[C@H](c2cccc(Cl)c2)[C@@H](c2ccc(Cl)cc2)N([C@@H]2CN(c3ccc(F)cc3)S(=O)(=O)C2)C1=O. The molecule has 5 rings (SSSR count). The molecular weight excluding hydrogens is 570 g/mol. The maximum atomic E-state index is 13.9. The summed E-state index contributed by atoms with van der Waals surface area (Å²) in [4.78, 5) is 27.0. The Morgan fingerprint density at radius 2 is 1.69 bits per heavy atom. The number of carbonyl (C=O) groups excluding carboxylic acids is 1. The Hall–Kier alpha value is -3.18. The van der Waals surface area contributed by atoms with Crippen LogP contribution in [0.15, 0.2) is 72.8 Å². The molecule has 2 fully saturated rings. The number of aliphatic carboxylic acids is 1. The number of ether oxygens (including phenoxy) is 1. The lowest BCUT2D eigenvalue weighted by atomic mass is 9.90. The lowest BCUT2D eigenvalue weighted by molar-refractivity contribution is -0.182. The molecule has 0 unspecified atom stereocenters. The maximum absolute atomic E-state index is 13.9. The van der Waals surface area contributed by atoms with Crippen LogP contribution in [0, 0.1) is 5.82 Å². The number of carboxylic acid groups (broad SMARTS) is 1. The Kier molecular flexibility index (Phi) is 7.56. The maximum Gasteiger partial charge on any atom is 0.306 e. The Labute approximate surface area is 234 Å². The van der Waals surface area contributed by atoms with Crippen molar-refractivity contribution in [2.45, 2.75) is 30.7 Å². The van der Waals surface area contributed by atoms with Gasteiger partial charge in [0.05, 0.1) is 36.5 Å². The van der Waals surface area contributed by atoms with Gasteiger partial charge in [-0.3, -0.25) is 13.9 Å². The van der Waals surface area contributed by atoms with Crippen molar-refractivity contribution >= 4 is 50.8 Å². The Morgan fingerprint density at radius 3 is 2.33 bits per heavy atom. The molecule has 3 aromatic rings. The van der Waals surface area contributed by atoms with Crippen LogP contribution >= 0.6 is 23.2 Å². The van der Waals surface area contributed by atoms with Crippen molar-refractivity contribution < 1.29 is 32.2 Å². The molecule has 3 aromatic carbocycles. The first kappa shape index (κ1) is 27.4. The van der Waals surface area contributed by atoms with E-state index in [4.69, 9.17) is 27.9 Å². The molecule has 8 nitrogen and oxygen atoms in total. The fraction of sp³-hybridized carbons (Fsp3) is 0.259. The zero-order valence-corrected chi connectivity index (χ0v) is 22.6. The average molecular weight is 593 g/mol. The summed E-state index contributed by atoms with van der Waals surface area (Å²) in [5, 5.41) is 10.4. The highest BCUT2D eigenvalue weighted by Crippen LogP contribution is 2.45. The summed E-state index contributed by atoms with van der Waals surface area (Å²) in [7, 11) is -3.90. The van der Waals surface area contributed by atoms with Crippen molar-refractivity contribution in [3.05, 3.63) is 99.8 Å². The Balaban J connectivity index is 1.62. The smallest absolute Gasteiger partial charge is 0.306 e. The van der Waals surface area contributed by atoms with Crippen LogP contribution in [0.25, 0.3) is 0 Å². The van der Waals surface area contributed by atoms with Crippen molar-refractivity contribution in [3.63, 3.8) is 0 Å². The van der Waals surface area contributed by atoms with Crippen molar-refractivity contribution in [1.29, 1.82) is 0 Å². The molecule has 0 bridgehead atoms. The summed E-state index contributed by atoms with van der Waals surface area (Å²) < 4.78 is 47.4. The first-order valence-corrected chi connectivity index (χ1v) is 14.4. The van der Waals surface area contributed by atoms with Gasteiger partial charge in [-0.05, 0) is 59.7 Å². The molecule has 39 heavy (non-hydrogen) atoms. The Morgan fingerprint density at radius 1 is 1.00 bits per heavy atom. The topological polar surface area (TPSA) is 104 Å². The largest absolute Gasteiger partial charge is 0.481 e. The van der Waals surface area contributed by atoms with Crippen LogP contribution in [0.3, 0.4) is 0 Å². The second kappa shape index (κ2) is 10.8. The van der Waals surface area contributed by atoms with E-state index in [0.29, 0.717) is 21.2 Å². The predicted molar refractivity (Wildman–Crippen MR) is 144 cm³/mol. The first-order chi connectivity index (χ1) is 18.5. The van der Waals surface area contributed by atoms with Gasteiger partial charge in [-0.25, -0.2) is 12.8 Å². The summed E-state index contributed by atoms with van der Waals surface area (Å²) in [6, 6.07) is 16.9. The van der Waals surface area contributed by atoms with Gasteiger partial charge in [0.2, 0.25) is 10.0 Å². The summed E-state index contributed by atoms with van der Waals surface area (Å²) in [6.07, 6.45) is -2.84. The van der Waals surface area contributed by atoms with Crippen molar-refractivity contribution in [3.8, 4) is 0 Å². The fourth-order valence-electron chi connectivity index (χ4n) is 5.13. The highest BCUT2D eigenvalue weighted by molar-refractivity contribution is 7.93. The standard InChI is InChI=1S/C27H23Cl2FN2O6S/c28-18-6-4-16(5-7-18)25-26(17-2-1-3-19(29)12-17)38-23(13-24(33)34)27(35)32(25)22-14-31(39(36,37)15-22)21-10-8-20(30)9-11-21/h1-12,22-23,25-26H,13-15H2,(H,33,34)/t22-,23-,25-,26-/m1/s1. The number of carboxylic acids is 1. The highest BCUT2D eigenvalue weighted by atomic mass is 35.5. The van der Waals surface area contributed by atoms with Gasteiger partial charge in [0.25, 0.3) is 5.91 Å². The zero-order valence-electron chi connectivity index (χ0n) is 20.3. The average Bonchev–Trinajstić information content (AvgIpc) is 3.20. The molecule has 2 aliphatic heterocycles. The molecule has 0 spiro atoms. The van der Waals surface area contributed by atoms with Crippen LogP contribution in [0.1, 0.15) is 29.7 Å². The summed E-state index contributed by atoms with van der Waals surface area (Å²) in [6.45, 7) is -0.105. The molecule has 1 N–H and O–H groups in total. The van der Waals surface area contributed by atoms with Gasteiger partial charge in [0.1, 0.15) is 18.0 Å². The zero-order chi connectivity index (χ0) is 27.9. The summed E-state index contributed by atoms with van der Waals surface area (Å²) in [5.41, 5.74) is 1.46. The van der Waals surface area contributed by atoms with Crippen LogP contribution in [0.4, 0.5) is 10.1 Å². The molecule has 204 valence electrons. The van der Waals surface area contributed by atoms with Crippen LogP contribution in [0.2, 0.25) is 10.0 Å². The predicted octanol–water partition coefficient (Wildman–Crippen LogP) is 4.84. The monoisotopic (exact) mass is 592 g/mol. The summed E-state index contributed by atoms with van der Waals surface area (Å²) >= 11 is 12.4. The lowest BCUT2D eigenvalue weighted by Gasteiger charge is -2.47. The molecule has 2 aliphatic rings. The number of halogens is 3. The second-order valence-electron chi connectivity index (χ2n) is 9.38. The Bertz CT molecular complexity index is 1500. The molecule has 2 heterocycles. The van der Waals surface area contributed by atoms with Gasteiger partial charge in [0, 0.05) is 10.0 Å². The second-order valence-corrected chi connectivity index (χ2v) is 12.2. The van der Waals surface area contributed by atoms with E-state index >= 15 is 0 Å². The molecule has 1 amide bonds. The quantitative estimate of drug-likeness (QED) is 0.439. The van der Waals surface area contributed by atoms with Gasteiger partial charge < -0.3 is 14.7 Å². The third-order valence-corrected chi connectivity index (χ3v) is 9.12. The molecule has 0 aromatic heterocycles. The van der Waals surface area contributed by atoms with Gasteiger partial charge in [-0.15, -0.1) is 0 Å². The van der Waals surface area contributed by atoms with Crippen LogP contribution < -0.4 is 4.31 Å². The van der Waals surface area contributed by atoms with E-state index in [1.54, 1.807) is 48.5 Å². The van der Waals surface area contributed by atoms with Gasteiger partial charge in [0.15, 0.2) is 0 Å². The van der Waals surface area contributed by atoms with Crippen LogP contribution in [-0.4, -0.2) is 54.7 Å². The number of amides is 1. The van der Waals surface area contributed by atoms with E-state index in [-0.39, 0.29) is 12.2 Å². The highest BCUT2D eigenvalue weighted by Gasteiger charge is 2.51. The molecule has 0 radical (unpaired) electrons. The van der Waals surface area contributed by atoms with E-state index in [9.17, 15) is 27.5 Å². The third-order valence-electron chi connectivity index (χ3n) is 6.80. The minimum atomic E-state index is -3.90. The molecular formula is C27H23Cl2FN2O6S. The van der Waals surface area contributed by atoms with Crippen LogP contribution in [-0.2, 0) is 24.3 Å². The molecule has 0 saturated carbocycles. The third kappa shape index (κ3) is 5.60. The fourth-order valence-corrected chi connectivity index (χ4v) is 7.23. The number of rotatable bonds is 6. The van der Waals surface area contributed by atoms with Crippen molar-refractivity contribution in [2.24, 2.45) is 0 Å². The minimum absolute atomic E-state index is 0.105. The number of hydrogen-bond acceptors (Lipinski definition) is 5. The van der Waals surface area contributed by atoms with Crippen molar-refractivity contribution in [2.75, 3.05) is 16.6 Å². The number of morpholine rings is 1. The number of benzene rings is 3. The normalized spacial score (nSPS) is 24.6. The van der Waals surface area contributed by atoms with E-state index in [1.165, 1.54) is 17.0 Å². The van der Waals surface area contributed by atoms with E-state index in [2.05, 4.69) is 0 Å². The van der Waals surface area contributed by atoms with Crippen molar-refractivity contribution in [1.82, 2.24) is 4.90 Å². The van der Waals surface area contributed by atoms with Gasteiger partial charge in [-0.1, -0.05) is 47.5 Å². The van der Waals surface area contributed by atoms with Gasteiger partial charge in [-0.2, -0.15) is 0 Å². The van der Waals surface area contributed by atoms with E-state index in [0.717, 1.165) is 16.4 Å². The van der Waals surface area contributed by atoms with E-state index < -0.39 is 64.2 Å². The number of nitrogens with zero attached hydrogens (tertiary/aromatic N) is 2. The molecule has 4 atom stereocenters.